The second-order valence-corrected chi connectivity index (χ2v) is 7.99. The van der Waals surface area contributed by atoms with E-state index < -0.39 is 0 Å². The van der Waals surface area contributed by atoms with Crippen LogP contribution in [0.15, 0.2) is 54.9 Å². The predicted octanol–water partition coefficient (Wildman–Crippen LogP) is 4.77. The zero-order valence-electron chi connectivity index (χ0n) is 15.7. The second kappa shape index (κ2) is 6.33. The number of halogens is 1. The summed E-state index contributed by atoms with van der Waals surface area (Å²) in [5.74, 6) is 0.608. The number of imidazole rings is 1. The minimum Gasteiger partial charge on any atom is -0.336 e. The van der Waals surface area contributed by atoms with Crippen LogP contribution in [-0.4, -0.2) is 34.9 Å². The highest BCUT2D eigenvalue weighted by Crippen LogP contribution is 2.34. The molecular formula is C21H14FN7S. The molecule has 0 aliphatic heterocycles. The molecule has 0 bridgehead atoms. The third kappa shape index (κ3) is 2.63. The highest BCUT2D eigenvalue weighted by molar-refractivity contribution is 7.14. The van der Waals surface area contributed by atoms with Gasteiger partial charge in [0.2, 0.25) is 0 Å². The van der Waals surface area contributed by atoms with Crippen molar-refractivity contribution in [3.8, 4) is 33.2 Å². The summed E-state index contributed by atoms with van der Waals surface area (Å²) in [6.45, 7) is 0. The number of hydrogen-bond acceptors (Lipinski definition) is 5. The molecule has 0 atom stereocenters. The molecule has 0 fully saturated rings. The molecule has 7 nitrogen and oxygen atoms in total. The molecule has 5 heterocycles. The fourth-order valence-corrected chi connectivity index (χ4v) is 4.34. The zero-order chi connectivity index (χ0) is 20.2. The molecule has 0 unspecified atom stereocenters. The van der Waals surface area contributed by atoms with E-state index in [2.05, 4.69) is 20.3 Å². The molecule has 5 aromatic heterocycles. The first-order chi connectivity index (χ1) is 14.7. The van der Waals surface area contributed by atoms with Crippen LogP contribution < -0.4 is 0 Å². The van der Waals surface area contributed by atoms with E-state index in [-0.39, 0.29) is 5.13 Å². The quantitative estimate of drug-likeness (QED) is 0.436. The summed E-state index contributed by atoms with van der Waals surface area (Å²) < 4.78 is 15.3. The average Bonchev–Trinajstić information content (AvgIpc) is 3.52. The average molecular weight is 415 g/mol. The Morgan fingerprint density at radius 1 is 1.00 bits per heavy atom. The molecule has 0 spiro atoms. The number of nitrogens with one attached hydrogen (secondary N) is 2. The first-order valence-corrected chi connectivity index (χ1v) is 10.1. The third-order valence-electron chi connectivity index (χ3n) is 4.98. The van der Waals surface area contributed by atoms with Crippen LogP contribution in [0.1, 0.15) is 0 Å². The molecular weight excluding hydrogens is 401 g/mol. The molecule has 30 heavy (non-hydrogen) atoms. The van der Waals surface area contributed by atoms with Gasteiger partial charge >= 0.3 is 0 Å². The van der Waals surface area contributed by atoms with Crippen LogP contribution in [0.2, 0.25) is 0 Å². The molecule has 0 radical (unpaired) electrons. The van der Waals surface area contributed by atoms with Gasteiger partial charge in [-0.15, -0.1) is 11.3 Å². The van der Waals surface area contributed by atoms with E-state index in [0.29, 0.717) is 11.5 Å². The molecule has 0 saturated carbocycles. The second-order valence-electron chi connectivity index (χ2n) is 6.96. The Labute approximate surface area is 173 Å². The van der Waals surface area contributed by atoms with Gasteiger partial charge in [0, 0.05) is 29.2 Å². The van der Waals surface area contributed by atoms with Crippen molar-refractivity contribution in [1.82, 2.24) is 34.9 Å². The van der Waals surface area contributed by atoms with Gasteiger partial charge in [0.15, 0.2) is 16.6 Å². The van der Waals surface area contributed by atoms with Crippen LogP contribution in [0.25, 0.3) is 55.3 Å². The van der Waals surface area contributed by atoms with Crippen molar-refractivity contribution in [2.24, 2.45) is 7.05 Å². The minimum atomic E-state index is -0.219. The zero-order valence-corrected chi connectivity index (χ0v) is 16.5. The van der Waals surface area contributed by atoms with E-state index >= 15 is 0 Å². The summed E-state index contributed by atoms with van der Waals surface area (Å²) in [6, 6.07) is 12.9. The molecule has 0 aliphatic rings. The van der Waals surface area contributed by atoms with Crippen molar-refractivity contribution < 1.29 is 4.39 Å². The van der Waals surface area contributed by atoms with Crippen molar-refractivity contribution >= 4 is 33.4 Å². The van der Waals surface area contributed by atoms with Gasteiger partial charge in [0.05, 0.1) is 28.4 Å². The van der Waals surface area contributed by atoms with E-state index in [1.165, 1.54) is 6.07 Å². The number of aryl methyl sites for hydroxylation is 1. The number of para-hydroxylation sites is 1. The Hall–Kier alpha value is -3.85. The lowest BCUT2D eigenvalue weighted by molar-refractivity contribution is 0.657. The fourth-order valence-electron chi connectivity index (χ4n) is 3.58. The van der Waals surface area contributed by atoms with Gasteiger partial charge in [-0.05, 0) is 30.3 Å². The van der Waals surface area contributed by atoms with Crippen LogP contribution in [-0.2, 0) is 7.05 Å². The van der Waals surface area contributed by atoms with E-state index in [9.17, 15) is 4.39 Å². The SMILES string of the molecule is Cn1cc(-c2ccc3[nH]nc(-c4nc5c(-c6ccc(F)s6)cccc5[nH]4)c3n2)cn1. The summed E-state index contributed by atoms with van der Waals surface area (Å²) >= 11 is 1.10. The van der Waals surface area contributed by atoms with Gasteiger partial charge in [-0.3, -0.25) is 9.78 Å². The van der Waals surface area contributed by atoms with E-state index in [4.69, 9.17) is 9.97 Å². The van der Waals surface area contributed by atoms with Gasteiger partial charge in [-0.25, -0.2) is 9.97 Å². The highest BCUT2D eigenvalue weighted by atomic mass is 32.1. The first-order valence-electron chi connectivity index (χ1n) is 9.25. The molecule has 9 heteroatoms. The topological polar surface area (TPSA) is 88.1 Å². The van der Waals surface area contributed by atoms with Crippen molar-refractivity contribution in [1.29, 1.82) is 0 Å². The Kier molecular flexibility index (Phi) is 3.59. The van der Waals surface area contributed by atoms with E-state index in [0.717, 1.165) is 55.1 Å². The van der Waals surface area contributed by atoms with Crippen LogP contribution in [0, 0.1) is 5.13 Å². The van der Waals surface area contributed by atoms with Crippen molar-refractivity contribution in [2.45, 2.75) is 0 Å². The van der Waals surface area contributed by atoms with Crippen LogP contribution >= 0.6 is 11.3 Å². The number of fused-ring (bicyclic) bond motifs is 2. The van der Waals surface area contributed by atoms with Crippen LogP contribution in [0.5, 0.6) is 0 Å². The van der Waals surface area contributed by atoms with Gasteiger partial charge < -0.3 is 4.98 Å². The summed E-state index contributed by atoms with van der Waals surface area (Å²) in [7, 11) is 1.87. The Morgan fingerprint density at radius 3 is 2.73 bits per heavy atom. The van der Waals surface area contributed by atoms with Crippen molar-refractivity contribution in [2.75, 3.05) is 0 Å². The number of H-pyrrole nitrogens is 2. The lowest BCUT2D eigenvalue weighted by Gasteiger charge is -1.98. The molecule has 0 aliphatic carbocycles. The lowest BCUT2D eigenvalue weighted by Crippen LogP contribution is -1.87. The van der Waals surface area contributed by atoms with Crippen molar-refractivity contribution in [3.05, 3.63) is 60.0 Å². The number of benzene rings is 1. The monoisotopic (exact) mass is 415 g/mol. The standard InChI is InChI=1S/C21H14FN7S/c1-29-10-11(9-23-29)13-5-6-15-19(24-13)20(28-27-15)21-25-14-4-2-3-12(18(14)26-21)16-7-8-17(22)30-16/h2-10H,1H3,(H,25,26)(H,27,28). The van der Waals surface area contributed by atoms with Gasteiger partial charge in [-0.2, -0.15) is 14.6 Å². The molecule has 0 saturated heterocycles. The minimum absolute atomic E-state index is 0.219. The number of hydrogen-bond donors (Lipinski definition) is 2. The summed E-state index contributed by atoms with van der Waals surface area (Å²) in [5, 5.41) is 11.5. The fraction of sp³-hybridized carbons (Fsp3) is 0.0476. The summed E-state index contributed by atoms with van der Waals surface area (Å²) in [4.78, 5) is 13.7. The third-order valence-corrected chi connectivity index (χ3v) is 5.89. The Balaban J connectivity index is 1.52. The molecule has 1 aromatic carbocycles. The Bertz CT molecular complexity index is 1540. The first kappa shape index (κ1) is 17.0. The number of aromatic nitrogens is 7. The Morgan fingerprint density at radius 2 is 1.93 bits per heavy atom. The van der Waals surface area contributed by atoms with Crippen LogP contribution in [0.4, 0.5) is 4.39 Å². The van der Waals surface area contributed by atoms with E-state index in [1.54, 1.807) is 16.9 Å². The summed E-state index contributed by atoms with van der Waals surface area (Å²) in [6.07, 6.45) is 3.70. The molecule has 6 aromatic rings. The molecule has 146 valence electrons. The highest BCUT2D eigenvalue weighted by Gasteiger charge is 2.17. The maximum Gasteiger partial charge on any atom is 0.176 e. The van der Waals surface area contributed by atoms with Gasteiger partial charge in [0.1, 0.15) is 5.52 Å². The summed E-state index contributed by atoms with van der Waals surface area (Å²) in [5.41, 5.74) is 6.42. The maximum absolute atomic E-state index is 13.6. The van der Waals surface area contributed by atoms with E-state index in [1.807, 2.05) is 43.6 Å². The van der Waals surface area contributed by atoms with Gasteiger partial charge in [0.25, 0.3) is 0 Å². The molecule has 0 amide bonds. The lowest BCUT2D eigenvalue weighted by atomic mass is 10.1. The number of thiophene rings is 1. The number of aromatic amines is 2. The molecule has 2 N–H and O–H groups in total. The molecule has 6 rings (SSSR count). The predicted molar refractivity (Wildman–Crippen MR) is 114 cm³/mol. The normalized spacial score (nSPS) is 11.7. The van der Waals surface area contributed by atoms with Gasteiger partial charge in [-0.1, -0.05) is 12.1 Å². The number of pyridine rings is 1. The number of rotatable bonds is 3. The van der Waals surface area contributed by atoms with Crippen molar-refractivity contribution in [3.63, 3.8) is 0 Å². The van der Waals surface area contributed by atoms with Crippen LogP contribution in [0.3, 0.4) is 0 Å². The largest absolute Gasteiger partial charge is 0.336 e. The number of nitrogens with zero attached hydrogens (tertiary/aromatic N) is 5. The smallest absolute Gasteiger partial charge is 0.176 e. The maximum atomic E-state index is 13.6.